The Morgan fingerprint density at radius 2 is 2.00 bits per heavy atom. The molecule has 0 aliphatic carbocycles. The monoisotopic (exact) mass is 502 g/mol. The molecular formula is C20H31IN4O3. The number of hydrogen-bond donors (Lipinski definition) is 2. The number of halogens is 1. The van der Waals surface area contributed by atoms with Crippen LogP contribution in [0.15, 0.2) is 29.3 Å². The average molecular weight is 502 g/mol. The minimum atomic E-state index is -0.0553. The molecule has 2 N–H and O–H groups in total. The molecule has 2 aliphatic rings. The summed E-state index contributed by atoms with van der Waals surface area (Å²) in [7, 11) is 1.78. The first-order valence-corrected chi connectivity index (χ1v) is 9.71. The Morgan fingerprint density at radius 1 is 1.21 bits per heavy atom. The smallest absolute Gasteiger partial charge is 0.251 e. The van der Waals surface area contributed by atoms with Crippen molar-refractivity contribution in [3.05, 3.63) is 35.4 Å². The van der Waals surface area contributed by atoms with Crippen molar-refractivity contribution in [2.75, 3.05) is 46.4 Å². The van der Waals surface area contributed by atoms with E-state index in [1.165, 1.54) is 0 Å². The van der Waals surface area contributed by atoms with Crippen LogP contribution in [0, 0.1) is 6.92 Å². The topological polar surface area (TPSA) is 75.2 Å². The second-order valence-electron chi connectivity index (χ2n) is 7.01. The molecule has 0 radical (unpaired) electrons. The molecule has 0 spiro atoms. The molecular weight excluding hydrogens is 471 g/mol. The molecule has 2 atom stereocenters. The normalized spacial score (nSPS) is 22.5. The van der Waals surface area contributed by atoms with Crippen molar-refractivity contribution in [1.82, 2.24) is 15.5 Å². The Labute approximate surface area is 184 Å². The van der Waals surface area contributed by atoms with Gasteiger partial charge in [-0.05, 0) is 31.9 Å². The zero-order chi connectivity index (χ0) is 19.1. The lowest BCUT2D eigenvalue weighted by molar-refractivity contribution is -0.0816. The first-order valence-electron chi connectivity index (χ1n) is 9.71. The van der Waals surface area contributed by atoms with E-state index >= 15 is 0 Å². The van der Waals surface area contributed by atoms with Crippen LogP contribution in [0.4, 0.5) is 0 Å². The highest BCUT2D eigenvalue weighted by molar-refractivity contribution is 14.0. The van der Waals surface area contributed by atoms with Crippen LogP contribution in [0.3, 0.4) is 0 Å². The predicted molar refractivity (Wildman–Crippen MR) is 121 cm³/mol. The third-order valence-corrected chi connectivity index (χ3v) is 4.96. The van der Waals surface area contributed by atoms with Gasteiger partial charge in [-0.1, -0.05) is 17.7 Å². The molecule has 7 nitrogen and oxygen atoms in total. The van der Waals surface area contributed by atoms with Crippen LogP contribution in [-0.4, -0.2) is 75.4 Å². The third kappa shape index (κ3) is 6.31. The quantitative estimate of drug-likeness (QED) is 0.278. The highest BCUT2D eigenvalue weighted by Crippen LogP contribution is 2.20. The van der Waals surface area contributed by atoms with Gasteiger partial charge in [-0.3, -0.25) is 9.79 Å². The zero-order valence-corrected chi connectivity index (χ0v) is 19.0. The molecule has 2 saturated heterocycles. The van der Waals surface area contributed by atoms with E-state index in [-0.39, 0.29) is 42.1 Å². The standard InChI is InChI=1S/C20H30N4O3.HI/c1-15-5-3-6-16(13-15)19(25)22-8-9-23-20(21-2)24-10-12-27-18(14-24)17-7-4-11-26-17;/h3,5-6,13,17-18H,4,7-12,14H2,1-2H3,(H,21,23)(H,22,25);1H. The summed E-state index contributed by atoms with van der Waals surface area (Å²) in [6.45, 7) is 6.22. The SMILES string of the molecule is CN=C(NCCNC(=O)c1cccc(C)c1)N1CCOC(C2CCCO2)C1.I. The van der Waals surface area contributed by atoms with E-state index in [9.17, 15) is 4.79 Å². The zero-order valence-electron chi connectivity index (χ0n) is 16.6. The van der Waals surface area contributed by atoms with Gasteiger partial charge in [0.05, 0.1) is 12.7 Å². The van der Waals surface area contributed by atoms with Gasteiger partial charge in [0.1, 0.15) is 6.10 Å². The van der Waals surface area contributed by atoms with Crippen LogP contribution in [0.2, 0.25) is 0 Å². The van der Waals surface area contributed by atoms with Crippen molar-refractivity contribution in [3.8, 4) is 0 Å². The number of aliphatic imine (C=N–C) groups is 1. The van der Waals surface area contributed by atoms with Gasteiger partial charge in [-0.2, -0.15) is 0 Å². The fourth-order valence-electron chi connectivity index (χ4n) is 3.56. The molecule has 2 heterocycles. The Morgan fingerprint density at radius 3 is 2.71 bits per heavy atom. The van der Waals surface area contributed by atoms with Gasteiger partial charge in [-0.25, -0.2) is 0 Å². The molecule has 2 fully saturated rings. The maximum absolute atomic E-state index is 12.2. The first-order chi connectivity index (χ1) is 13.2. The van der Waals surface area contributed by atoms with Crippen molar-refractivity contribution >= 4 is 35.8 Å². The Balaban J connectivity index is 0.00000280. The summed E-state index contributed by atoms with van der Waals surface area (Å²) in [6.07, 6.45) is 2.47. The number of aryl methyl sites for hydroxylation is 1. The fourth-order valence-corrected chi connectivity index (χ4v) is 3.56. The van der Waals surface area contributed by atoms with Gasteiger partial charge in [0.15, 0.2) is 5.96 Å². The number of nitrogens with one attached hydrogen (secondary N) is 2. The second kappa shape index (κ2) is 11.6. The minimum Gasteiger partial charge on any atom is -0.375 e. The minimum absolute atomic E-state index is 0. The number of carbonyl (C=O) groups is 1. The second-order valence-corrected chi connectivity index (χ2v) is 7.01. The van der Waals surface area contributed by atoms with Crippen LogP contribution in [-0.2, 0) is 9.47 Å². The van der Waals surface area contributed by atoms with Crippen LogP contribution in [0.25, 0.3) is 0 Å². The maximum Gasteiger partial charge on any atom is 0.251 e. The van der Waals surface area contributed by atoms with E-state index in [1.807, 2.05) is 31.2 Å². The number of benzene rings is 1. The molecule has 1 amide bonds. The largest absolute Gasteiger partial charge is 0.375 e. The number of guanidine groups is 1. The molecule has 2 aliphatic heterocycles. The molecule has 3 rings (SSSR count). The first kappa shape index (κ1) is 22.9. The van der Waals surface area contributed by atoms with E-state index < -0.39 is 0 Å². The highest BCUT2D eigenvalue weighted by Gasteiger charge is 2.32. The molecule has 8 heteroatoms. The highest BCUT2D eigenvalue weighted by atomic mass is 127. The number of carbonyl (C=O) groups excluding carboxylic acids is 1. The summed E-state index contributed by atoms with van der Waals surface area (Å²) in [5.41, 5.74) is 1.77. The number of morpholine rings is 1. The molecule has 0 bridgehead atoms. The summed E-state index contributed by atoms with van der Waals surface area (Å²) in [5.74, 6) is 0.784. The summed E-state index contributed by atoms with van der Waals surface area (Å²) >= 11 is 0. The van der Waals surface area contributed by atoms with Crippen molar-refractivity contribution in [2.45, 2.75) is 32.0 Å². The van der Waals surface area contributed by atoms with Gasteiger partial charge in [0, 0.05) is 45.4 Å². The Bertz CT molecular complexity index is 665. The lowest BCUT2D eigenvalue weighted by Crippen LogP contribution is -2.54. The number of amides is 1. The van der Waals surface area contributed by atoms with Gasteiger partial charge >= 0.3 is 0 Å². The van der Waals surface area contributed by atoms with E-state index in [1.54, 1.807) is 7.05 Å². The molecule has 156 valence electrons. The fraction of sp³-hybridized carbons (Fsp3) is 0.600. The van der Waals surface area contributed by atoms with Crippen LogP contribution in [0.1, 0.15) is 28.8 Å². The van der Waals surface area contributed by atoms with E-state index in [0.29, 0.717) is 25.3 Å². The van der Waals surface area contributed by atoms with Crippen LogP contribution in [0.5, 0.6) is 0 Å². The Kier molecular flexibility index (Phi) is 9.46. The molecule has 2 unspecified atom stereocenters. The summed E-state index contributed by atoms with van der Waals surface area (Å²) in [6, 6.07) is 7.59. The van der Waals surface area contributed by atoms with Crippen LogP contribution < -0.4 is 10.6 Å². The number of ether oxygens (including phenoxy) is 2. The van der Waals surface area contributed by atoms with E-state index in [4.69, 9.17) is 9.47 Å². The molecule has 28 heavy (non-hydrogen) atoms. The summed E-state index contributed by atoms with van der Waals surface area (Å²) < 4.78 is 11.7. The van der Waals surface area contributed by atoms with Crippen molar-refractivity contribution in [2.24, 2.45) is 4.99 Å². The van der Waals surface area contributed by atoms with Gasteiger partial charge in [0.25, 0.3) is 5.91 Å². The van der Waals surface area contributed by atoms with Gasteiger partial charge in [-0.15, -0.1) is 24.0 Å². The number of hydrogen-bond acceptors (Lipinski definition) is 4. The summed E-state index contributed by atoms with van der Waals surface area (Å²) in [4.78, 5) is 18.8. The molecule has 0 aromatic heterocycles. The van der Waals surface area contributed by atoms with Crippen molar-refractivity contribution < 1.29 is 14.3 Å². The van der Waals surface area contributed by atoms with E-state index in [0.717, 1.165) is 44.1 Å². The third-order valence-electron chi connectivity index (χ3n) is 4.96. The lowest BCUT2D eigenvalue weighted by Gasteiger charge is -2.37. The van der Waals surface area contributed by atoms with Gasteiger partial charge in [0.2, 0.25) is 0 Å². The Hall–Kier alpha value is -1.39. The maximum atomic E-state index is 12.2. The average Bonchev–Trinajstić information content (AvgIpc) is 3.23. The number of rotatable bonds is 5. The van der Waals surface area contributed by atoms with Crippen molar-refractivity contribution in [1.29, 1.82) is 0 Å². The van der Waals surface area contributed by atoms with Gasteiger partial charge < -0.3 is 25.0 Å². The van der Waals surface area contributed by atoms with E-state index in [2.05, 4.69) is 20.5 Å². The lowest BCUT2D eigenvalue weighted by atomic mass is 10.1. The predicted octanol–water partition coefficient (Wildman–Crippen LogP) is 1.80. The molecule has 1 aromatic rings. The number of nitrogens with zero attached hydrogens (tertiary/aromatic N) is 2. The molecule has 0 saturated carbocycles. The van der Waals surface area contributed by atoms with Crippen molar-refractivity contribution in [3.63, 3.8) is 0 Å². The van der Waals surface area contributed by atoms with Crippen LogP contribution >= 0.6 is 24.0 Å². The summed E-state index contributed by atoms with van der Waals surface area (Å²) in [5, 5.41) is 6.28. The molecule has 1 aromatic carbocycles.